The van der Waals surface area contributed by atoms with Gasteiger partial charge in [-0.1, -0.05) is 0 Å². The fraction of sp³-hybridized carbons (Fsp3) is 0.250. The maximum atomic E-state index is 8.10. The third kappa shape index (κ3) is 3.21. The lowest BCUT2D eigenvalue weighted by atomic mass is 10.8. The molecule has 0 spiro atoms. The minimum Gasteiger partial charge on any atom is -0.481 e. The molecule has 0 aromatic rings. The summed E-state index contributed by atoms with van der Waals surface area (Å²) in [6.45, 7) is 6.55. The van der Waals surface area contributed by atoms with Crippen molar-refractivity contribution in [2.45, 2.75) is 0 Å². The molecule has 0 aromatic heterocycles. The Morgan fingerprint density at radius 3 is 2.50 bits per heavy atom. The number of aliphatic hydroxyl groups excluding tert-OH is 1. The van der Waals surface area contributed by atoms with Crippen LogP contribution in [0.5, 0.6) is 0 Å². The second kappa shape index (κ2) is 2.45. The molecule has 0 atom stereocenters. The summed E-state index contributed by atoms with van der Waals surface area (Å²) in [7, 11) is 0. The molecule has 2 heteroatoms. The molecule has 6 heavy (non-hydrogen) atoms. The van der Waals surface area contributed by atoms with Crippen molar-refractivity contribution in [3.8, 4) is 0 Å². The molecule has 0 saturated carbocycles. The van der Waals surface area contributed by atoms with Gasteiger partial charge in [0.2, 0.25) is 6.61 Å². The lowest BCUT2D eigenvalue weighted by Crippen LogP contribution is -1.85. The Kier molecular flexibility index (Phi) is 2.13. The van der Waals surface area contributed by atoms with Crippen molar-refractivity contribution in [1.82, 2.24) is 0 Å². The van der Waals surface area contributed by atoms with E-state index in [1.807, 2.05) is 0 Å². The third-order valence-electron chi connectivity index (χ3n) is 0.269. The zero-order valence-electron chi connectivity index (χ0n) is 3.48. The zero-order valence-corrected chi connectivity index (χ0v) is 3.48. The predicted molar refractivity (Wildman–Crippen MR) is 23.1 cm³/mol. The Morgan fingerprint density at radius 2 is 2.50 bits per heavy atom. The maximum Gasteiger partial charge on any atom is 0.272 e. The van der Waals surface area contributed by atoms with Crippen LogP contribution in [0.2, 0.25) is 0 Å². The van der Waals surface area contributed by atoms with Crippen molar-refractivity contribution < 1.29 is 9.84 Å². The summed E-state index contributed by atoms with van der Waals surface area (Å²) in [6.07, 6.45) is 0. The first kappa shape index (κ1) is 5.21. The van der Waals surface area contributed by atoms with Gasteiger partial charge in [-0.25, -0.2) is 0 Å². The van der Waals surface area contributed by atoms with Gasteiger partial charge in [0.05, 0.1) is 0 Å². The van der Waals surface area contributed by atoms with Crippen molar-refractivity contribution in [3.05, 3.63) is 19.4 Å². The van der Waals surface area contributed by atoms with Crippen LogP contribution in [0, 0.1) is 6.92 Å². The van der Waals surface area contributed by atoms with E-state index in [0.29, 0.717) is 0 Å². The summed E-state index contributed by atoms with van der Waals surface area (Å²) in [6, 6.07) is 0. The highest BCUT2D eigenvalue weighted by Gasteiger charge is 1.81. The first-order valence-corrected chi connectivity index (χ1v) is 1.57. The van der Waals surface area contributed by atoms with Crippen LogP contribution in [0.1, 0.15) is 0 Å². The van der Waals surface area contributed by atoms with Crippen LogP contribution in [0.3, 0.4) is 0 Å². The topological polar surface area (TPSA) is 29.5 Å². The minimum atomic E-state index is -0.273. The van der Waals surface area contributed by atoms with E-state index in [1.54, 1.807) is 0 Å². The monoisotopic (exact) mass is 87.0 g/mol. The second-order valence-electron chi connectivity index (χ2n) is 0.742. The minimum absolute atomic E-state index is 0.231. The van der Waals surface area contributed by atoms with Gasteiger partial charge >= 0.3 is 0 Å². The van der Waals surface area contributed by atoms with Gasteiger partial charge in [0, 0.05) is 0 Å². The SMILES string of the molecule is C=C(O)OC[CH2+]. The largest absolute Gasteiger partial charge is 0.481 e. The molecule has 0 fully saturated rings. The Morgan fingerprint density at radius 1 is 2.00 bits per heavy atom. The number of hydrogen-bond acceptors (Lipinski definition) is 2. The van der Waals surface area contributed by atoms with Gasteiger partial charge in [0.25, 0.3) is 5.95 Å². The molecule has 34 valence electrons. The van der Waals surface area contributed by atoms with Crippen LogP contribution in [-0.2, 0) is 4.74 Å². The van der Waals surface area contributed by atoms with Crippen LogP contribution < -0.4 is 0 Å². The quantitative estimate of drug-likeness (QED) is 0.400. The van der Waals surface area contributed by atoms with Crippen molar-refractivity contribution >= 4 is 0 Å². The second-order valence-corrected chi connectivity index (χ2v) is 0.742. The van der Waals surface area contributed by atoms with E-state index in [4.69, 9.17) is 5.11 Å². The molecule has 0 amide bonds. The van der Waals surface area contributed by atoms with Crippen LogP contribution in [0.15, 0.2) is 12.5 Å². The molecule has 2 nitrogen and oxygen atoms in total. The van der Waals surface area contributed by atoms with E-state index in [9.17, 15) is 0 Å². The number of aliphatic hydroxyl groups is 1. The lowest BCUT2D eigenvalue weighted by molar-refractivity contribution is 0.114. The Hall–Kier alpha value is -0.790. The van der Waals surface area contributed by atoms with Gasteiger partial charge < -0.3 is 9.84 Å². The van der Waals surface area contributed by atoms with Gasteiger partial charge in [0.1, 0.15) is 6.92 Å². The third-order valence-corrected chi connectivity index (χ3v) is 0.269. The average molecular weight is 87.1 g/mol. The molecule has 0 aliphatic carbocycles. The van der Waals surface area contributed by atoms with Gasteiger partial charge in [-0.2, -0.15) is 0 Å². The molecular formula is C4H7O2+. The Labute approximate surface area is 37.1 Å². The lowest BCUT2D eigenvalue weighted by Gasteiger charge is -1.89. The van der Waals surface area contributed by atoms with Crippen molar-refractivity contribution in [2.75, 3.05) is 6.61 Å². The molecule has 0 aliphatic rings. The summed E-state index contributed by atoms with van der Waals surface area (Å²) in [5, 5.41) is 8.10. The standard InChI is InChI=1S/C4H6O2/c1-3-6-4(2)5/h1-3H2/p+1. The van der Waals surface area contributed by atoms with Gasteiger partial charge in [0.15, 0.2) is 0 Å². The molecular weight excluding hydrogens is 80.0 g/mol. The highest BCUT2D eigenvalue weighted by atomic mass is 16.6. The molecule has 0 unspecified atom stereocenters. The normalized spacial score (nSPS) is 7.33. The average Bonchev–Trinajstić information content (AvgIpc) is 1.35. The van der Waals surface area contributed by atoms with E-state index in [2.05, 4.69) is 18.2 Å². The van der Waals surface area contributed by atoms with Crippen molar-refractivity contribution in [3.63, 3.8) is 0 Å². The molecule has 0 rings (SSSR count). The summed E-state index contributed by atoms with van der Waals surface area (Å²) < 4.78 is 4.29. The van der Waals surface area contributed by atoms with Crippen LogP contribution >= 0.6 is 0 Å². The Bertz CT molecular complexity index is 49.5. The van der Waals surface area contributed by atoms with Crippen LogP contribution in [0.25, 0.3) is 0 Å². The van der Waals surface area contributed by atoms with E-state index >= 15 is 0 Å². The summed E-state index contributed by atoms with van der Waals surface area (Å²) in [5.41, 5.74) is 0. The molecule has 0 saturated heterocycles. The molecule has 0 radical (unpaired) electrons. The van der Waals surface area contributed by atoms with E-state index in [-0.39, 0.29) is 12.6 Å². The highest BCUT2D eigenvalue weighted by Crippen LogP contribution is 1.80. The predicted octanol–water partition coefficient (Wildman–Crippen LogP) is 0.866. The molecule has 1 N–H and O–H groups in total. The highest BCUT2D eigenvalue weighted by molar-refractivity contribution is 4.61. The van der Waals surface area contributed by atoms with Crippen LogP contribution in [-0.4, -0.2) is 11.7 Å². The molecule has 0 heterocycles. The van der Waals surface area contributed by atoms with Gasteiger partial charge in [-0.15, -0.1) is 0 Å². The van der Waals surface area contributed by atoms with E-state index in [0.717, 1.165) is 0 Å². The number of rotatable bonds is 2. The first-order valence-electron chi connectivity index (χ1n) is 1.57. The zero-order chi connectivity index (χ0) is 4.99. The number of ether oxygens (including phenoxy) is 1. The maximum absolute atomic E-state index is 8.10. The summed E-state index contributed by atoms with van der Waals surface area (Å²) in [5.74, 6) is -0.273. The fourth-order valence-corrected chi connectivity index (χ4v) is 0.118. The number of hydrogen-bond donors (Lipinski definition) is 1. The Balaban J connectivity index is 2.83. The smallest absolute Gasteiger partial charge is 0.272 e. The fourth-order valence-electron chi connectivity index (χ4n) is 0.118. The van der Waals surface area contributed by atoms with Crippen molar-refractivity contribution in [2.24, 2.45) is 0 Å². The van der Waals surface area contributed by atoms with E-state index < -0.39 is 0 Å². The van der Waals surface area contributed by atoms with Crippen molar-refractivity contribution in [1.29, 1.82) is 0 Å². The summed E-state index contributed by atoms with van der Waals surface area (Å²) in [4.78, 5) is 0. The van der Waals surface area contributed by atoms with Gasteiger partial charge in [-0.3, -0.25) is 0 Å². The summed E-state index contributed by atoms with van der Waals surface area (Å²) >= 11 is 0. The molecule has 0 aromatic carbocycles. The van der Waals surface area contributed by atoms with E-state index in [1.165, 1.54) is 0 Å². The first-order chi connectivity index (χ1) is 2.77. The van der Waals surface area contributed by atoms with Gasteiger partial charge in [-0.05, 0) is 6.58 Å². The molecule has 0 bridgehead atoms. The molecule has 0 aliphatic heterocycles. The van der Waals surface area contributed by atoms with Crippen LogP contribution in [0.4, 0.5) is 0 Å².